The van der Waals surface area contributed by atoms with Crippen molar-refractivity contribution in [1.29, 1.82) is 0 Å². The van der Waals surface area contributed by atoms with Gasteiger partial charge in [0.2, 0.25) is 3.79 Å². The average molecular weight is 447 g/mol. The van der Waals surface area contributed by atoms with E-state index < -0.39 is 15.9 Å². The van der Waals surface area contributed by atoms with Gasteiger partial charge in [0, 0.05) is 15.7 Å². The summed E-state index contributed by atoms with van der Waals surface area (Å²) in [4.78, 5) is 12.4. The van der Waals surface area contributed by atoms with Crippen molar-refractivity contribution in [2.75, 3.05) is 5.32 Å². The van der Waals surface area contributed by atoms with E-state index in [1.165, 1.54) is 12.1 Å². The van der Waals surface area contributed by atoms with Gasteiger partial charge in [0.15, 0.2) is 0 Å². The van der Waals surface area contributed by atoms with Gasteiger partial charge in [0.25, 0.3) is 5.91 Å². The first-order valence-electron chi connectivity index (χ1n) is 6.51. The van der Waals surface area contributed by atoms with Crippen LogP contribution in [0.5, 0.6) is 0 Å². The third kappa shape index (κ3) is 5.48. The van der Waals surface area contributed by atoms with Crippen molar-refractivity contribution in [2.24, 2.45) is 0 Å². The molecule has 0 fully saturated rings. The Kier molecular flexibility index (Phi) is 6.77. The maximum Gasteiger partial charge on any atom is 0.254 e. The van der Waals surface area contributed by atoms with Crippen LogP contribution in [-0.2, 0) is 0 Å². The van der Waals surface area contributed by atoms with Crippen LogP contribution in [0.3, 0.4) is 0 Å². The van der Waals surface area contributed by atoms with Gasteiger partial charge in [-0.05, 0) is 42.5 Å². The highest BCUT2D eigenvalue weighted by molar-refractivity contribution is 6.68. The molecule has 0 bridgehead atoms. The molecule has 1 amide bonds. The zero-order chi connectivity index (χ0) is 17.9. The molecule has 0 saturated carbocycles. The first kappa shape index (κ1) is 19.8. The fraction of sp³-hybridized carbons (Fsp3) is 0.133. The number of anilines is 1. The number of halogens is 6. The van der Waals surface area contributed by atoms with Crippen molar-refractivity contribution in [1.82, 2.24) is 5.32 Å². The Morgan fingerprint density at radius 3 is 2.04 bits per heavy atom. The van der Waals surface area contributed by atoms with Crippen LogP contribution in [0.2, 0.25) is 15.1 Å². The molecule has 1 atom stereocenters. The van der Waals surface area contributed by atoms with Gasteiger partial charge in [-0.25, -0.2) is 0 Å². The minimum absolute atomic E-state index is 0.189. The third-order valence-corrected chi connectivity index (χ3v) is 4.39. The summed E-state index contributed by atoms with van der Waals surface area (Å²) in [5, 5.41) is 6.67. The Morgan fingerprint density at radius 1 is 0.917 bits per heavy atom. The van der Waals surface area contributed by atoms with Gasteiger partial charge in [-0.15, -0.1) is 0 Å². The van der Waals surface area contributed by atoms with Crippen molar-refractivity contribution in [2.45, 2.75) is 9.96 Å². The van der Waals surface area contributed by atoms with Gasteiger partial charge in [-0.1, -0.05) is 69.6 Å². The lowest BCUT2D eigenvalue weighted by Gasteiger charge is -2.27. The first-order valence-corrected chi connectivity index (χ1v) is 8.78. The highest BCUT2D eigenvalue weighted by Crippen LogP contribution is 2.32. The Hall–Kier alpha value is -0.550. The SMILES string of the molecule is O=C(N[C@@H](Nc1ccc(Cl)cc1)C(Cl)(Cl)Cl)c1ccc(Cl)cc1Cl. The minimum Gasteiger partial charge on any atom is -0.362 e. The molecule has 2 rings (SSSR count). The van der Waals surface area contributed by atoms with Crippen LogP contribution in [0.15, 0.2) is 42.5 Å². The predicted octanol–water partition coefficient (Wildman–Crippen LogP) is 6.19. The molecule has 0 saturated heterocycles. The quantitative estimate of drug-likeness (QED) is 0.434. The molecule has 0 aromatic heterocycles. The fourth-order valence-electron chi connectivity index (χ4n) is 1.79. The van der Waals surface area contributed by atoms with Crippen LogP contribution < -0.4 is 10.6 Å². The molecule has 24 heavy (non-hydrogen) atoms. The molecule has 0 aliphatic rings. The Morgan fingerprint density at radius 2 is 1.50 bits per heavy atom. The summed E-state index contributed by atoms with van der Waals surface area (Å²) in [6, 6.07) is 11.2. The largest absolute Gasteiger partial charge is 0.362 e. The fourth-order valence-corrected chi connectivity index (χ4v) is 2.74. The van der Waals surface area contributed by atoms with E-state index in [9.17, 15) is 4.79 Å². The average Bonchev–Trinajstić information content (AvgIpc) is 2.47. The van der Waals surface area contributed by atoms with Crippen LogP contribution >= 0.6 is 69.6 Å². The normalized spacial score (nSPS) is 12.6. The maximum atomic E-state index is 12.4. The van der Waals surface area contributed by atoms with Gasteiger partial charge < -0.3 is 10.6 Å². The first-order chi connectivity index (χ1) is 11.2. The van der Waals surface area contributed by atoms with Crippen molar-refractivity contribution in [3.05, 3.63) is 63.1 Å². The lowest BCUT2D eigenvalue weighted by Crippen LogP contribution is -2.49. The van der Waals surface area contributed by atoms with Crippen LogP contribution in [-0.4, -0.2) is 15.9 Å². The van der Waals surface area contributed by atoms with E-state index in [1.54, 1.807) is 30.3 Å². The summed E-state index contributed by atoms with van der Waals surface area (Å²) in [6.45, 7) is 0. The lowest BCUT2D eigenvalue weighted by atomic mass is 10.2. The van der Waals surface area contributed by atoms with Crippen LogP contribution in [0.25, 0.3) is 0 Å². The molecule has 2 N–H and O–H groups in total. The molecule has 3 nitrogen and oxygen atoms in total. The molecule has 0 aliphatic carbocycles. The molecular weight excluding hydrogens is 437 g/mol. The number of benzene rings is 2. The number of amides is 1. The molecular formula is C15H10Cl6N2O. The summed E-state index contributed by atoms with van der Waals surface area (Å²) in [6.07, 6.45) is -1.01. The van der Waals surface area contributed by atoms with Gasteiger partial charge in [0.1, 0.15) is 6.17 Å². The Balaban J connectivity index is 2.19. The molecule has 0 heterocycles. The van der Waals surface area contributed by atoms with Crippen molar-refractivity contribution < 1.29 is 4.79 Å². The molecule has 0 spiro atoms. The molecule has 2 aromatic rings. The summed E-state index contributed by atoms with van der Waals surface area (Å²) < 4.78 is -1.81. The Labute approximate surface area is 169 Å². The number of hydrogen-bond acceptors (Lipinski definition) is 2. The Bertz CT molecular complexity index is 730. The number of rotatable bonds is 4. The van der Waals surface area contributed by atoms with E-state index in [1.807, 2.05) is 0 Å². The van der Waals surface area contributed by atoms with Crippen LogP contribution in [0.4, 0.5) is 5.69 Å². The zero-order valence-corrected chi connectivity index (χ0v) is 16.3. The van der Waals surface area contributed by atoms with Gasteiger partial charge in [-0.3, -0.25) is 4.79 Å². The monoisotopic (exact) mass is 444 g/mol. The van der Waals surface area contributed by atoms with Crippen LogP contribution in [0, 0.1) is 0 Å². The summed E-state index contributed by atoms with van der Waals surface area (Å²) >= 11 is 35.5. The van der Waals surface area contributed by atoms with Gasteiger partial charge >= 0.3 is 0 Å². The third-order valence-electron chi connectivity index (χ3n) is 2.93. The predicted molar refractivity (Wildman–Crippen MR) is 103 cm³/mol. The number of carbonyl (C=O) groups excluding carboxylic acids is 1. The zero-order valence-electron chi connectivity index (χ0n) is 11.8. The van der Waals surface area contributed by atoms with Gasteiger partial charge in [-0.2, -0.15) is 0 Å². The van der Waals surface area contributed by atoms with Crippen molar-refractivity contribution >= 4 is 81.2 Å². The number of carbonyl (C=O) groups is 1. The molecule has 9 heteroatoms. The number of nitrogens with one attached hydrogen (secondary N) is 2. The van der Waals surface area contributed by atoms with E-state index in [2.05, 4.69) is 10.6 Å². The molecule has 2 aromatic carbocycles. The molecule has 0 radical (unpaired) electrons. The summed E-state index contributed by atoms with van der Waals surface area (Å²) in [5.74, 6) is -0.519. The van der Waals surface area contributed by atoms with Crippen LogP contribution in [0.1, 0.15) is 10.4 Å². The smallest absolute Gasteiger partial charge is 0.254 e. The summed E-state index contributed by atoms with van der Waals surface area (Å²) in [5.41, 5.74) is 0.816. The minimum atomic E-state index is -1.81. The highest BCUT2D eigenvalue weighted by atomic mass is 35.6. The van der Waals surface area contributed by atoms with E-state index in [0.717, 1.165) is 0 Å². The van der Waals surface area contributed by atoms with E-state index in [-0.39, 0.29) is 10.6 Å². The van der Waals surface area contributed by atoms with Gasteiger partial charge in [0.05, 0.1) is 10.6 Å². The van der Waals surface area contributed by atoms with E-state index in [0.29, 0.717) is 15.7 Å². The number of alkyl halides is 3. The second kappa shape index (κ2) is 8.22. The second-order valence-electron chi connectivity index (χ2n) is 4.72. The molecule has 128 valence electrons. The van der Waals surface area contributed by atoms with Crippen molar-refractivity contribution in [3.8, 4) is 0 Å². The summed E-state index contributed by atoms with van der Waals surface area (Å²) in [7, 11) is 0. The lowest BCUT2D eigenvalue weighted by molar-refractivity contribution is 0.0942. The molecule has 0 unspecified atom stereocenters. The van der Waals surface area contributed by atoms with Crippen molar-refractivity contribution in [3.63, 3.8) is 0 Å². The standard InChI is InChI=1S/C15H10Cl6N2O/c16-8-1-4-10(5-2-8)22-14(15(19,20)21)23-13(24)11-6-3-9(17)7-12(11)18/h1-7,14,22H,(H,23,24)/t14-/m1/s1. The maximum absolute atomic E-state index is 12.4. The topological polar surface area (TPSA) is 41.1 Å². The second-order valence-corrected chi connectivity index (χ2v) is 8.37. The molecule has 0 aliphatic heterocycles. The van der Waals surface area contributed by atoms with E-state index >= 15 is 0 Å². The van der Waals surface area contributed by atoms with E-state index in [4.69, 9.17) is 69.6 Å². The highest BCUT2D eigenvalue weighted by Gasteiger charge is 2.34. The number of hydrogen-bond donors (Lipinski definition) is 2.